The topological polar surface area (TPSA) is 161 Å². The number of nitrogens with zero attached hydrogens (tertiary/aromatic N) is 4. The normalized spacial score (nSPS) is 13.1. The van der Waals surface area contributed by atoms with Gasteiger partial charge in [-0.1, -0.05) is 11.2 Å². The van der Waals surface area contributed by atoms with Crippen LogP contribution in [0.3, 0.4) is 0 Å². The first kappa shape index (κ1) is 22.1. The maximum absolute atomic E-state index is 10.8. The standard InChI is InChI=1S/C19H18N5O6PS/c20-19-15(2-1-6-24(19)12-29-31(25,26)27)16-9-14(23-30-16)8-13-3-4-17(22-10-13)28-11-18-21-5-7-32-18/h1-7,9-10,20H,8,11-12H2,(H2,25,26,27). The molecule has 0 radical (unpaired) electrons. The average Bonchev–Trinajstić information content (AvgIpc) is 3.44. The van der Waals surface area contributed by atoms with Crippen molar-refractivity contribution in [3.63, 3.8) is 0 Å². The number of hydrogen-bond acceptors (Lipinski definition) is 10. The van der Waals surface area contributed by atoms with Crippen LogP contribution in [-0.2, 0) is 28.8 Å². The highest BCUT2D eigenvalue weighted by molar-refractivity contribution is 7.44. The van der Waals surface area contributed by atoms with Crippen LogP contribution < -0.4 is 19.9 Å². The third kappa shape index (κ3) is 5.75. The minimum absolute atomic E-state index is 0.187. The van der Waals surface area contributed by atoms with Gasteiger partial charge >= 0.3 is 0 Å². The molecule has 13 heteroatoms. The predicted molar refractivity (Wildman–Crippen MR) is 111 cm³/mol. The Morgan fingerprint density at radius 2 is 2.19 bits per heavy atom. The summed E-state index contributed by atoms with van der Waals surface area (Å²) < 4.78 is 27.5. The molecule has 0 saturated heterocycles. The molecule has 0 bridgehead atoms. The number of anilines is 1. The van der Waals surface area contributed by atoms with E-state index in [0.29, 0.717) is 35.9 Å². The fourth-order valence-corrected chi connectivity index (χ4v) is 3.61. The number of ether oxygens (including phenoxy) is 1. The van der Waals surface area contributed by atoms with Gasteiger partial charge in [-0.3, -0.25) is 14.8 Å². The van der Waals surface area contributed by atoms with E-state index in [1.165, 1.54) is 22.1 Å². The van der Waals surface area contributed by atoms with E-state index in [0.717, 1.165) is 10.6 Å². The smallest absolute Gasteiger partial charge is 0.285 e. The number of phosphoric ester groups is 1. The Bertz CT molecular complexity index is 1230. The summed E-state index contributed by atoms with van der Waals surface area (Å²) in [5.41, 5.74) is 8.14. The number of hydrogen-bond donors (Lipinski definition) is 2. The molecule has 11 nitrogen and oxygen atoms in total. The van der Waals surface area contributed by atoms with Crippen LogP contribution in [0.2, 0.25) is 0 Å². The zero-order valence-corrected chi connectivity index (χ0v) is 18.2. The second-order valence-corrected chi connectivity index (χ2v) is 8.76. The molecule has 4 aromatic rings. The summed E-state index contributed by atoms with van der Waals surface area (Å²) in [5, 5.41) is 6.82. The molecule has 0 aromatic carbocycles. The zero-order valence-electron chi connectivity index (χ0n) is 16.5. The first-order chi connectivity index (χ1) is 15.4. The van der Waals surface area contributed by atoms with Crippen LogP contribution in [0.15, 0.2) is 58.8 Å². The molecular formula is C19H18N5O6PS. The summed E-state index contributed by atoms with van der Waals surface area (Å²) in [4.78, 5) is 28.0. The number of pyridine rings is 2. The summed E-state index contributed by atoms with van der Waals surface area (Å²) in [6.07, 6.45) is 5.41. The number of nitrogen functional groups attached to an aromatic ring is 1. The van der Waals surface area contributed by atoms with Gasteiger partial charge in [0.15, 0.2) is 12.5 Å². The first-order valence-electron chi connectivity index (χ1n) is 9.26. The van der Waals surface area contributed by atoms with Gasteiger partial charge in [0.1, 0.15) is 17.2 Å². The van der Waals surface area contributed by atoms with Crippen LogP contribution in [0.4, 0.5) is 5.82 Å². The number of aromatic nitrogens is 4. The van der Waals surface area contributed by atoms with E-state index >= 15 is 0 Å². The Balaban J connectivity index is 1.41. The highest BCUT2D eigenvalue weighted by atomic mass is 32.1. The molecule has 0 fully saturated rings. The molecule has 0 saturated carbocycles. The first-order valence-corrected chi connectivity index (χ1v) is 11.6. The average molecular weight is 475 g/mol. The van der Waals surface area contributed by atoms with Crippen molar-refractivity contribution in [1.82, 2.24) is 15.1 Å². The van der Waals surface area contributed by atoms with Crippen LogP contribution >= 0.6 is 19.2 Å². The summed E-state index contributed by atoms with van der Waals surface area (Å²) in [6, 6.07) is 8.73. The van der Waals surface area contributed by atoms with Gasteiger partial charge in [0.2, 0.25) is 5.88 Å². The van der Waals surface area contributed by atoms with E-state index in [9.17, 15) is 9.46 Å². The summed E-state index contributed by atoms with van der Waals surface area (Å²) in [6.45, 7) is -0.106. The van der Waals surface area contributed by atoms with Gasteiger partial charge in [0.25, 0.3) is 13.6 Å². The fraction of sp³-hybridized carbons (Fsp3) is 0.158. The summed E-state index contributed by atoms with van der Waals surface area (Å²) in [7, 11) is -4.87. The van der Waals surface area contributed by atoms with Crippen LogP contribution in [0.1, 0.15) is 16.3 Å². The quantitative estimate of drug-likeness (QED) is 0.269. The van der Waals surface area contributed by atoms with Crippen molar-refractivity contribution >= 4 is 25.0 Å². The molecule has 3 N–H and O–H groups in total. The molecule has 1 atom stereocenters. The van der Waals surface area contributed by atoms with Gasteiger partial charge < -0.3 is 19.0 Å². The van der Waals surface area contributed by atoms with E-state index < -0.39 is 14.6 Å². The molecule has 0 aliphatic heterocycles. The van der Waals surface area contributed by atoms with E-state index in [2.05, 4.69) is 19.6 Å². The lowest BCUT2D eigenvalue weighted by Crippen LogP contribution is -2.38. The lowest BCUT2D eigenvalue weighted by atomic mass is 10.1. The maximum Gasteiger partial charge on any atom is 0.285 e. The van der Waals surface area contributed by atoms with Crippen LogP contribution in [0.25, 0.3) is 11.3 Å². The minimum atomic E-state index is -4.87. The fourth-order valence-electron chi connectivity index (χ4n) is 2.81. The van der Waals surface area contributed by atoms with Crippen LogP contribution in [0.5, 0.6) is 5.88 Å². The lowest BCUT2D eigenvalue weighted by molar-refractivity contribution is -0.712. The van der Waals surface area contributed by atoms with E-state index in [1.807, 2.05) is 11.4 Å². The summed E-state index contributed by atoms with van der Waals surface area (Å²) in [5.74, 6) is 1.09. The molecule has 4 heterocycles. The van der Waals surface area contributed by atoms with Crippen molar-refractivity contribution in [1.29, 1.82) is 0 Å². The Kier molecular flexibility index (Phi) is 6.58. The van der Waals surface area contributed by atoms with Crippen molar-refractivity contribution in [2.45, 2.75) is 19.8 Å². The molecule has 32 heavy (non-hydrogen) atoms. The van der Waals surface area contributed by atoms with E-state index in [4.69, 9.17) is 19.9 Å². The molecule has 1 unspecified atom stereocenters. The second kappa shape index (κ2) is 9.55. The number of rotatable bonds is 9. The largest absolute Gasteiger partial charge is 0.756 e. The third-order valence-electron chi connectivity index (χ3n) is 4.31. The maximum atomic E-state index is 10.8. The number of phosphoric acid groups is 1. The molecule has 4 rings (SSSR count). The zero-order chi connectivity index (χ0) is 22.6. The van der Waals surface area contributed by atoms with Crippen LogP contribution in [0, 0.1) is 0 Å². The van der Waals surface area contributed by atoms with Gasteiger partial charge in [-0.05, 0) is 17.7 Å². The molecule has 0 aliphatic rings. The highest BCUT2D eigenvalue weighted by Crippen LogP contribution is 2.30. The Hall–Kier alpha value is -3.15. The molecule has 4 aromatic heterocycles. The highest BCUT2D eigenvalue weighted by Gasteiger charge is 2.18. The van der Waals surface area contributed by atoms with Crippen molar-refractivity contribution in [3.05, 3.63) is 70.6 Å². The summed E-state index contributed by atoms with van der Waals surface area (Å²) >= 11 is 1.52. The Morgan fingerprint density at radius 1 is 1.31 bits per heavy atom. The molecular weight excluding hydrogens is 457 g/mol. The monoisotopic (exact) mass is 475 g/mol. The van der Waals surface area contributed by atoms with Gasteiger partial charge in [0.05, 0.1) is 11.9 Å². The Labute approximate surface area is 186 Å². The Morgan fingerprint density at radius 3 is 2.91 bits per heavy atom. The van der Waals surface area contributed by atoms with Crippen molar-refractivity contribution in [3.8, 4) is 17.2 Å². The van der Waals surface area contributed by atoms with Crippen molar-refractivity contribution in [2.75, 3.05) is 5.73 Å². The number of nitrogens with two attached hydrogens (primary N) is 1. The predicted octanol–water partition coefficient (Wildman–Crippen LogP) is 1.67. The molecule has 166 valence electrons. The van der Waals surface area contributed by atoms with Gasteiger partial charge in [-0.25, -0.2) is 14.5 Å². The van der Waals surface area contributed by atoms with Gasteiger partial charge in [-0.2, -0.15) is 0 Å². The van der Waals surface area contributed by atoms with E-state index in [-0.39, 0.29) is 5.82 Å². The SMILES string of the molecule is Nc1c(-c2cc(Cc3ccc(OCc4nccs4)nc3)no2)ccc[n+]1COP(=O)([O-])O. The van der Waals surface area contributed by atoms with Gasteiger partial charge in [-0.15, -0.1) is 11.3 Å². The van der Waals surface area contributed by atoms with Crippen molar-refractivity contribution in [2.24, 2.45) is 0 Å². The molecule has 0 spiro atoms. The minimum Gasteiger partial charge on any atom is -0.756 e. The van der Waals surface area contributed by atoms with Crippen LogP contribution in [-0.4, -0.2) is 20.0 Å². The van der Waals surface area contributed by atoms with Crippen molar-refractivity contribution < 1.29 is 32.7 Å². The number of thiazole rings is 1. The third-order valence-corrected chi connectivity index (χ3v) is 5.50. The molecule has 0 amide bonds. The van der Waals surface area contributed by atoms with E-state index in [1.54, 1.807) is 36.7 Å². The van der Waals surface area contributed by atoms with Gasteiger partial charge in [0, 0.05) is 36.3 Å². The molecule has 0 aliphatic carbocycles. The second-order valence-electron chi connectivity index (χ2n) is 6.58. The lowest BCUT2D eigenvalue weighted by Gasteiger charge is -2.14.